The third-order valence-corrected chi connectivity index (χ3v) is 5.43. The molecule has 1 fully saturated rings. The topological polar surface area (TPSA) is 93.0 Å². The molecule has 0 spiro atoms. The first-order valence-electron chi connectivity index (χ1n) is 10.5. The van der Waals surface area contributed by atoms with Crippen molar-refractivity contribution in [1.82, 2.24) is 24.9 Å². The van der Waals surface area contributed by atoms with E-state index in [9.17, 15) is 27.2 Å². The average molecular weight is 476 g/mol. The van der Waals surface area contributed by atoms with E-state index in [-0.39, 0.29) is 24.7 Å². The number of benzene rings is 1. The SMILES string of the molecule is Cc1cccc(NC(=O)C2CCCN(C(=O)c3nnn(-c4ccc(F)cc4)c3C(F)(F)F)C2)n1. The molecular formula is C22H20F4N6O2. The quantitative estimate of drug-likeness (QED) is 0.581. The van der Waals surface area contributed by atoms with Gasteiger partial charge in [0.1, 0.15) is 11.6 Å². The zero-order valence-electron chi connectivity index (χ0n) is 18.0. The van der Waals surface area contributed by atoms with E-state index < -0.39 is 35.2 Å². The Balaban J connectivity index is 1.56. The number of nitrogens with one attached hydrogen (secondary N) is 1. The molecule has 3 heterocycles. The van der Waals surface area contributed by atoms with Crippen molar-refractivity contribution in [2.45, 2.75) is 25.9 Å². The molecule has 2 aromatic heterocycles. The third kappa shape index (κ3) is 4.90. The van der Waals surface area contributed by atoms with Crippen molar-refractivity contribution in [3.63, 3.8) is 0 Å². The summed E-state index contributed by atoms with van der Waals surface area (Å²) in [6, 6.07) is 9.30. The van der Waals surface area contributed by atoms with Crippen LogP contribution in [0.5, 0.6) is 0 Å². The molecule has 2 amide bonds. The summed E-state index contributed by atoms with van der Waals surface area (Å²) < 4.78 is 55.4. The molecule has 0 aliphatic carbocycles. The number of aromatic nitrogens is 4. The maximum atomic E-state index is 13.9. The number of alkyl halides is 3. The second-order valence-corrected chi connectivity index (χ2v) is 7.92. The molecule has 1 aromatic carbocycles. The zero-order valence-corrected chi connectivity index (χ0v) is 18.0. The number of likely N-dealkylation sites (tertiary alicyclic amines) is 1. The summed E-state index contributed by atoms with van der Waals surface area (Å²) >= 11 is 0. The summed E-state index contributed by atoms with van der Waals surface area (Å²) in [7, 11) is 0. The van der Waals surface area contributed by atoms with Crippen molar-refractivity contribution in [1.29, 1.82) is 0 Å². The molecule has 1 atom stereocenters. The van der Waals surface area contributed by atoms with Crippen LogP contribution in [-0.4, -0.2) is 49.8 Å². The van der Waals surface area contributed by atoms with E-state index in [0.29, 0.717) is 29.0 Å². The molecule has 3 aromatic rings. The molecule has 0 saturated carbocycles. The molecule has 1 aliphatic rings. The van der Waals surface area contributed by atoms with Gasteiger partial charge in [0, 0.05) is 18.8 Å². The Hall–Kier alpha value is -3.83. The van der Waals surface area contributed by atoms with E-state index in [2.05, 4.69) is 20.6 Å². The molecule has 4 rings (SSSR count). The Labute approximate surface area is 191 Å². The van der Waals surface area contributed by atoms with E-state index in [1.165, 1.54) is 4.90 Å². The largest absolute Gasteiger partial charge is 0.435 e. The Bertz CT molecular complexity index is 1210. The normalized spacial score (nSPS) is 16.4. The van der Waals surface area contributed by atoms with Gasteiger partial charge in [0.05, 0.1) is 11.6 Å². The van der Waals surface area contributed by atoms with Crippen LogP contribution in [0.2, 0.25) is 0 Å². The predicted octanol–water partition coefficient (Wildman–Crippen LogP) is 3.62. The number of rotatable bonds is 4. The van der Waals surface area contributed by atoms with Crippen LogP contribution in [0.25, 0.3) is 5.69 Å². The number of halogens is 4. The van der Waals surface area contributed by atoms with Crippen molar-refractivity contribution in [3.05, 3.63) is 65.4 Å². The third-order valence-electron chi connectivity index (χ3n) is 5.43. The molecule has 1 aliphatic heterocycles. The lowest BCUT2D eigenvalue weighted by Crippen LogP contribution is -2.44. The van der Waals surface area contributed by atoms with Crippen molar-refractivity contribution in [3.8, 4) is 5.69 Å². The van der Waals surface area contributed by atoms with Crippen LogP contribution in [0.3, 0.4) is 0 Å². The first-order valence-corrected chi connectivity index (χ1v) is 10.5. The fourth-order valence-corrected chi connectivity index (χ4v) is 3.81. The van der Waals surface area contributed by atoms with Crippen molar-refractivity contribution >= 4 is 17.6 Å². The van der Waals surface area contributed by atoms with Gasteiger partial charge in [-0.05, 0) is 56.2 Å². The van der Waals surface area contributed by atoms with Gasteiger partial charge in [-0.3, -0.25) is 9.59 Å². The lowest BCUT2D eigenvalue weighted by Gasteiger charge is -2.31. The molecular weight excluding hydrogens is 456 g/mol. The van der Waals surface area contributed by atoms with Gasteiger partial charge in [-0.1, -0.05) is 11.3 Å². The van der Waals surface area contributed by atoms with Crippen LogP contribution in [-0.2, 0) is 11.0 Å². The van der Waals surface area contributed by atoms with Gasteiger partial charge in [-0.25, -0.2) is 14.1 Å². The minimum Gasteiger partial charge on any atom is -0.336 e. The van der Waals surface area contributed by atoms with Crippen molar-refractivity contribution in [2.24, 2.45) is 5.92 Å². The van der Waals surface area contributed by atoms with Gasteiger partial charge in [0.15, 0.2) is 11.4 Å². The van der Waals surface area contributed by atoms with E-state index in [0.717, 1.165) is 24.3 Å². The molecule has 1 saturated heterocycles. The first-order chi connectivity index (χ1) is 16.1. The lowest BCUT2D eigenvalue weighted by atomic mass is 9.96. The number of nitrogens with zero attached hydrogens (tertiary/aromatic N) is 5. The number of hydrogen-bond donors (Lipinski definition) is 1. The summed E-state index contributed by atoms with van der Waals surface area (Å²) in [6.07, 6.45) is -4.05. The van der Waals surface area contributed by atoms with E-state index in [1.54, 1.807) is 25.1 Å². The summed E-state index contributed by atoms with van der Waals surface area (Å²) in [5.41, 5.74) is -1.62. The van der Waals surface area contributed by atoms with Gasteiger partial charge in [0.2, 0.25) is 5.91 Å². The Kier molecular flexibility index (Phi) is 6.31. The Morgan fingerprint density at radius 1 is 1.12 bits per heavy atom. The molecule has 0 bridgehead atoms. The monoisotopic (exact) mass is 476 g/mol. The lowest BCUT2D eigenvalue weighted by molar-refractivity contribution is -0.143. The number of hydrogen-bond acceptors (Lipinski definition) is 5. The van der Waals surface area contributed by atoms with E-state index in [4.69, 9.17) is 0 Å². The summed E-state index contributed by atoms with van der Waals surface area (Å²) in [5, 5.41) is 9.69. The number of amides is 2. The van der Waals surface area contributed by atoms with Crippen LogP contribution in [0.1, 0.15) is 34.7 Å². The first kappa shape index (κ1) is 23.3. The number of piperidine rings is 1. The average Bonchev–Trinajstić information content (AvgIpc) is 3.25. The van der Waals surface area contributed by atoms with Gasteiger partial charge in [-0.2, -0.15) is 13.2 Å². The molecule has 1 unspecified atom stereocenters. The minimum atomic E-state index is -4.95. The molecule has 0 radical (unpaired) electrons. The molecule has 178 valence electrons. The van der Waals surface area contributed by atoms with E-state index in [1.807, 2.05) is 0 Å². The van der Waals surface area contributed by atoms with Crippen LogP contribution < -0.4 is 5.32 Å². The minimum absolute atomic E-state index is 0.0722. The van der Waals surface area contributed by atoms with Crippen LogP contribution in [0.4, 0.5) is 23.4 Å². The van der Waals surface area contributed by atoms with Gasteiger partial charge >= 0.3 is 6.18 Å². The number of carbonyl (C=O) groups is 2. The van der Waals surface area contributed by atoms with Crippen LogP contribution >= 0.6 is 0 Å². The standard InChI is InChI=1S/C22H20F4N6O2/c1-13-4-2-6-17(27-13)28-20(33)14-5-3-11-31(12-14)21(34)18-19(22(24,25)26)32(30-29-18)16-9-7-15(23)8-10-16/h2,4,6-10,14H,3,5,11-12H2,1H3,(H,27,28,33). The summed E-state index contributed by atoms with van der Waals surface area (Å²) in [5.74, 6) is -2.25. The number of aryl methyl sites for hydroxylation is 1. The highest BCUT2D eigenvalue weighted by molar-refractivity contribution is 5.95. The Morgan fingerprint density at radius 2 is 1.85 bits per heavy atom. The maximum Gasteiger partial charge on any atom is 0.435 e. The molecule has 12 heteroatoms. The van der Waals surface area contributed by atoms with Crippen molar-refractivity contribution in [2.75, 3.05) is 18.4 Å². The fourth-order valence-electron chi connectivity index (χ4n) is 3.81. The summed E-state index contributed by atoms with van der Waals surface area (Å²) in [4.78, 5) is 31.1. The van der Waals surface area contributed by atoms with Gasteiger partial charge in [0.25, 0.3) is 5.91 Å². The van der Waals surface area contributed by atoms with Gasteiger partial charge in [-0.15, -0.1) is 5.10 Å². The van der Waals surface area contributed by atoms with Crippen molar-refractivity contribution < 1.29 is 27.2 Å². The molecule has 1 N–H and O–H groups in total. The molecule has 8 nitrogen and oxygen atoms in total. The van der Waals surface area contributed by atoms with Gasteiger partial charge < -0.3 is 10.2 Å². The number of pyridine rings is 1. The van der Waals surface area contributed by atoms with Crippen LogP contribution in [0, 0.1) is 18.7 Å². The second-order valence-electron chi connectivity index (χ2n) is 7.92. The maximum absolute atomic E-state index is 13.9. The fraction of sp³-hybridized carbons (Fsp3) is 0.318. The highest BCUT2D eigenvalue weighted by atomic mass is 19.4. The van der Waals surface area contributed by atoms with Crippen LogP contribution in [0.15, 0.2) is 42.5 Å². The highest BCUT2D eigenvalue weighted by Crippen LogP contribution is 2.34. The highest BCUT2D eigenvalue weighted by Gasteiger charge is 2.43. The molecule has 34 heavy (non-hydrogen) atoms. The second kappa shape index (κ2) is 9.20. The Morgan fingerprint density at radius 3 is 2.53 bits per heavy atom. The summed E-state index contributed by atoms with van der Waals surface area (Å²) in [6.45, 7) is 1.87. The number of carbonyl (C=O) groups excluding carboxylic acids is 2. The zero-order chi connectivity index (χ0) is 24.5. The van der Waals surface area contributed by atoms with E-state index >= 15 is 0 Å². The predicted molar refractivity (Wildman–Crippen MR) is 113 cm³/mol. The number of anilines is 1. The smallest absolute Gasteiger partial charge is 0.336 e.